The molecule has 0 aliphatic heterocycles. The first-order valence-corrected chi connectivity index (χ1v) is 9.49. The highest BCUT2D eigenvalue weighted by atomic mass is 16.5. The van der Waals surface area contributed by atoms with Crippen molar-refractivity contribution in [3.05, 3.63) is 82.7 Å². The standard InChI is InChI=1S/C23H23N3O4/c1-4-30-23(29)17-8-10-20(11-9-17)26-15(2)12-19(16(26)3)14-24-25-22(28)18-6-5-7-21(27)13-18/h5-14,27H,4H2,1-3H3,(H,25,28)/b24-14+. The summed E-state index contributed by atoms with van der Waals surface area (Å²) in [6, 6.07) is 15.2. The summed E-state index contributed by atoms with van der Waals surface area (Å²) in [5.74, 6) is -0.741. The average Bonchev–Trinajstić information content (AvgIpc) is 3.01. The molecule has 7 nitrogen and oxygen atoms in total. The molecular formula is C23H23N3O4. The largest absolute Gasteiger partial charge is 0.508 e. The number of nitrogens with one attached hydrogen (secondary N) is 1. The van der Waals surface area contributed by atoms with Gasteiger partial charge in [-0.2, -0.15) is 5.10 Å². The van der Waals surface area contributed by atoms with E-state index in [-0.39, 0.29) is 11.7 Å². The molecule has 0 saturated heterocycles. The zero-order valence-electron chi connectivity index (χ0n) is 17.0. The number of ether oxygens (including phenoxy) is 1. The minimum absolute atomic E-state index is 0.0177. The van der Waals surface area contributed by atoms with E-state index in [0.29, 0.717) is 17.7 Å². The molecule has 7 heteroatoms. The molecule has 0 unspecified atom stereocenters. The third-order valence-electron chi connectivity index (χ3n) is 4.58. The fraction of sp³-hybridized carbons (Fsp3) is 0.174. The van der Waals surface area contributed by atoms with E-state index < -0.39 is 5.91 Å². The number of carbonyl (C=O) groups excluding carboxylic acids is 2. The van der Waals surface area contributed by atoms with Gasteiger partial charge in [-0.25, -0.2) is 10.2 Å². The lowest BCUT2D eigenvalue weighted by molar-refractivity contribution is 0.0526. The number of hydrogen-bond acceptors (Lipinski definition) is 5. The lowest BCUT2D eigenvalue weighted by atomic mass is 10.2. The predicted octanol–water partition coefficient (Wildman–Crippen LogP) is 3.74. The van der Waals surface area contributed by atoms with Gasteiger partial charge in [0, 0.05) is 28.2 Å². The number of aromatic hydroxyl groups is 1. The number of phenols is 1. The van der Waals surface area contributed by atoms with Crippen molar-refractivity contribution in [2.45, 2.75) is 20.8 Å². The van der Waals surface area contributed by atoms with Gasteiger partial charge in [-0.05, 0) is 69.3 Å². The van der Waals surface area contributed by atoms with Gasteiger partial charge in [-0.15, -0.1) is 0 Å². The fourth-order valence-electron chi connectivity index (χ4n) is 3.15. The van der Waals surface area contributed by atoms with Crippen molar-refractivity contribution in [2.75, 3.05) is 6.61 Å². The SMILES string of the molecule is CCOC(=O)c1ccc(-n2c(C)cc(/C=N/NC(=O)c3cccc(O)c3)c2C)cc1. The Morgan fingerprint density at radius 2 is 1.83 bits per heavy atom. The van der Waals surface area contributed by atoms with Gasteiger partial charge in [-0.1, -0.05) is 6.07 Å². The molecule has 3 aromatic rings. The second kappa shape index (κ2) is 9.09. The number of hydrogen-bond donors (Lipinski definition) is 2. The summed E-state index contributed by atoms with van der Waals surface area (Å²) >= 11 is 0. The Morgan fingerprint density at radius 1 is 1.10 bits per heavy atom. The Balaban J connectivity index is 1.76. The van der Waals surface area contributed by atoms with Crippen molar-refractivity contribution >= 4 is 18.1 Å². The first-order valence-electron chi connectivity index (χ1n) is 9.49. The Morgan fingerprint density at radius 3 is 2.50 bits per heavy atom. The lowest BCUT2D eigenvalue weighted by Gasteiger charge is -2.10. The summed E-state index contributed by atoms with van der Waals surface area (Å²) < 4.78 is 7.05. The Kier molecular flexibility index (Phi) is 6.32. The summed E-state index contributed by atoms with van der Waals surface area (Å²) in [5, 5.41) is 13.5. The fourth-order valence-corrected chi connectivity index (χ4v) is 3.15. The average molecular weight is 405 g/mol. The van der Waals surface area contributed by atoms with Crippen LogP contribution < -0.4 is 5.43 Å². The van der Waals surface area contributed by atoms with E-state index in [4.69, 9.17) is 4.74 Å². The maximum Gasteiger partial charge on any atom is 0.338 e. The van der Waals surface area contributed by atoms with Crippen LogP contribution in [-0.4, -0.2) is 34.4 Å². The maximum atomic E-state index is 12.1. The minimum Gasteiger partial charge on any atom is -0.508 e. The van der Waals surface area contributed by atoms with Gasteiger partial charge in [0.25, 0.3) is 5.91 Å². The topological polar surface area (TPSA) is 92.9 Å². The molecule has 0 saturated carbocycles. The molecule has 2 N–H and O–H groups in total. The predicted molar refractivity (Wildman–Crippen MR) is 114 cm³/mol. The number of benzene rings is 2. The van der Waals surface area contributed by atoms with Gasteiger partial charge >= 0.3 is 5.97 Å². The van der Waals surface area contributed by atoms with Gasteiger partial charge < -0.3 is 14.4 Å². The molecule has 154 valence electrons. The third-order valence-corrected chi connectivity index (χ3v) is 4.58. The van der Waals surface area contributed by atoms with Crippen molar-refractivity contribution in [2.24, 2.45) is 5.10 Å². The number of carbonyl (C=O) groups is 2. The minimum atomic E-state index is -0.412. The molecule has 0 aliphatic carbocycles. The zero-order valence-corrected chi connectivity index (χ0v) is 17.0. The summed E-state index contributed by atoms with van der Waals surface area (Å²) in [5.41, 5.74) is 6.95. The number of rotatable bonds is 6. The molecule has 2 aromatic carbocycles. The molecule has 30 heavy (non-hydrogen) atoms. The van der Waals surface area contributed by atoms with Crippen LogP contribution in [-0.2, 0) is 4.74 Å². The first kappa shape index (κ1) is 20.9. The number of amides is 1. The molecule has 3 rings (SSSR count). The first-order chi connectivity index (χ1) is 14.4. The Hall–Kier alpha value is -3.87. The van der Waals surface area contributed by atoms with E-state index in [2.05, 4.69) is 10.5 Å². The molecule has 0 atom stereocenters. The van der Waals surface area contributed by atoms with Crippen LogP contribution in [0.2, 0.25) is 0 Å². The number of esters is 1. The van der Waals surface area contributed by atoms with Crippen LogP contribution in [0, 0.1) is 13.8 Å². The third kappa shape index (κ3) is 4.57. The second-order valence-electron chi connectivity index (χ2n) is 6.68. The number of phenolic OH excluding ortho intramolecular Hbond substituents is 1. The number of hydrazone groups is 1. The molecular weight excluding hydrogens is 382 g/mol. The molecule has 0 radical (unpaired) electrons. The van der Waals surface area contributed by atoms with E-state index >= 15 is 0 Å². The van der Waals surface area contributed by atoms with Crippen molar-refractivity contribution in [1.29, 1.82) is 0 Å². The lowest BCUT2D eigenvalue weighted by Crippen LogP contribution is -2.17. The van der Waals surface area contributed by atoms with Crippen LogP contribution in [0.25, 0.3) is 5.69 Å². The maximum absolute atomic E-state index is 12.1. The van der Waals surface area contributed by atoms with Crippen LogP contribution in [0.15, 0.2) is 59.7 Å². The highest BCUT2D eigenvalue weighted by Crippen LogP contribution is 2.20. The molecule has 1 amide bonds. The zero-order chi connectivity index (χ0) is 21.7. The van der Waals surface area contributed by atoms with E-state index in [9.17, 15) is 14.7 Å². The Bertz CT molecular complexity index is 1100. The van der Waals surface area contributed by atoms with Crippen molar-refractivity contribution < 1.29 is 19.4 Å². The molecule has 1 heterocycles. The Labute approximate surface area is 174 Å². The van der Waals surface area contributed by atoms with E-state index in [1.54, 1.807) is 37.4 Å². The quantitative estimate of drug-likeness (QED) is 0.371. The van der Waals surface area contributed by atoms with Crippen LogP contribution >= 0.6 is 0 Å². The van der Waals surface area contributed by atoms with Gasteiger partial charge in [0.15, 0.2) is 0 Å². The van der Waals surface area contributed by atoms with E-state index in [1.165, 1.54) is 12.1 Å². The van der Waals surface area contributed by atoms with Crippen LogP contribution in [0.5, 0.6) is 5.75 Å². The monoisotopic (exact) mass is 405 g/mol. The van der Waals surface area contributed by atoms with Crippen molar-refractivity contribution in [3.63, 3.8) is 0 Å². The second-order valence-corrected chi connectivity index (χ2v) is 6.68. The normalized spacial score (nSPS) is 10.9. The van der Waals surface area contributed by atoms with Gasteiger partial charge in [-0.3, -0.25) is 4.79 Å². The van der Waals surface area contributed by atoms with Gasteiger partial charge in [0.05, 0.1) is 18.4 Å². The number of nitrogens with zero attached hydrogens (tertiary/aromatic N) is 2. The van der Waals surface area contributed by atoms with E-state index in [0.717, 1.165) is 22.6 Å². The molecule has 0 bridgehead atoms. The summed E-state index contributed by atoms with van der Waals surface area (Å²) in [7, 11) is 0. The van der Waals surface area contributed by atoms with Crippen LogP contribution in [0.1, 0.15) is 44.6 Å². The van der Waals surface area contributed by atoms with Crippen molar-refractivity contribution in [3.8, 4) is 11.4 Å². The smallest absolute Gasteiger partial charge is 0.338 e. The highest BCUT2D eigenvalue weighted by Gasteiger charge is 2.12. The van der Waals surface area contributed by atoms with Crippen LogP contribution in [0.3, 0.4) is 0 Å². The number of aromatic nitrogens is 1. The van der Waals surface area contributed by atoms with Gasteiger partial charge in [0.2, 0.25) is 0 Å². The molecule has 1 aromatic heterocycles. The van der Waals surface area contributed by atoms with Gasteiger partial charge in [0.1, 0.15) is 5.75 Å². The molecule has 0 spiro atoms. The van der Waals surface area contributed by atoms with Crippen LogP contribution in [0.4, 0.5) is 0 Å². The summed E-state index contributed by atoms with van der Waals surface area (Å²) in [4.78, 5) is 24.0. The summed E-state index contributed by atoms with van der Waals surface area (Å²) in [6.45, 7) is 6.02. The highest BCUT2D eigenvalue weighted by molar-refractivity contribution is 5.95. The van der Waals surface area contributed by atoms with E-state index in [1.807, 2.05) is 36.6 Å². The van der Waals surface area contributed by atoms with Crippen molar-refractivity contribution in [1.82, 2.24) is 9.99 Å². The molecule has 0 fully saturated rings. The summed E-state index contributed by atoms with van der Waals surface area (Å²) in [6.07, 6.45) is 1.58. The molecule has 0 aliphatic rings. The number of aryl methyl sites for hydroxylation is 1.